The summed E-state index contributed by atoms with van der Waals surface area (Å²) in [7, 11) is 0. The van der Waals surface area contributed by atoms with Gasteiger partial charge in [0.2, 0.25) is 5.91 Å². The van der Waals surface area contributed by atoms with Crippen molar-refractivity contribution in [3.05, 3.63) is 0 Å². The van der Waals surface area contributed by atoms with Crippen LogP contribution >= 0.6 is 0 Å². The number of hydrogen-bond donors (Lipinski definition) is 3. The van der Waals surface area contributed by atoms with Gasteiger partial charge in [0.05, 0.1) is 0 Å². The van der Waals surface area contributed by atoms with Crippen LogP contribution < -0.4 is 11.1 Å². The number of amides is 1. The van der Waals surface area contributed by atoms with Gasteiger partial charge in [0.15, 0.2) is 0 Å². The quantitative estimate of drug-likeness (QED) is 0.660. The topological polar surface area (TPSA) is 92.4 Å². The lowest BCUT2D eigenvalue weighted by Gasteiger charge is -2.24. The van der Waals surface area contributed by atoms with E-state index in [1.54, 1.807) is 0 Å². The van der Waals surface area contributed by atoms with E-state index >= 15 is 0 Å². The molecule has 1 aliphatic carbocycles. The summed E-state index contributed by atoms with van der Waals surface area (Å²) >= 11 is 0. The van der Waals surface area contributed by atoms with Gasteiger partial charge in [-0.25, -0.2) is 4.79 Å². The molecule has 18 heavy (non-hydrogen) atoms. The molecule has 1 fully saturated rings. The van der Waals surface area contributed by atoms with Crippen LogP contribution in [0, 0.1) is 17.8 Å². The van der Waals surface area contributed by atoms with Crippen LogP contribution in [0.25, 0.3) is 0 Å². The van der Waals surface area contributed by atoms with E-state index in [0.29, 0.717) is 6.54 Å². The molecule has 0 bridgehead atoms. The van der Waals surface area contributed by atoms with Crippen LogP contribution in [0.3, 0.4) is 0 Å². The van der Waals surface area contributed by atoms with Crippen molar-refractivity contribution in [2.75, 3.05) is 6.54 Å². The first-order valence-electron chi connectivity index (χ1n) is 6.74. The molecular weight excluding hydrogens is 232 g/mol. The fraction of sp³-hybridized carbons (Fsp3) is 0.846. The van der Waals surface area contributed by atoms with Crippen molar-refractivity contribution in [2.24, 2.45) is 23.5 Å². The molecule has 0 aromatic rings. The van der Waals surface area contributed by atoms with E-state index in [2.05, 4.69) is 5.32 Å². The van der Waals surface area contributed by atoms with Crippen molar-refractivity contribution in [1.29, 1.82) is 0 Å². The minimum Gasteiger partial charge on any atom is -0.480 e. The SMILES string of the molecule is CCC(C)[C@H](NC(=O)C1CCCC1CN)C(=O)O. The third-order valence-electron chi connectivity index (χ3n) is 4.08. The summed E-state index contributed by atoms with van der Waals surface area (Å²) in [4.78, 5) is 23.3. The van der Waals surface area contributed by atoms with E-state index < -0.39 is 12.0 Å². The van der Waals surface area contributed by atoms with Gasteiger partial charge in [-0.15, -0.1) is 0 Å². The van der Waals surface area contributed by atoms with E-state index in [9.17, 15) is 9.59 Å². The molecule has 0 radical (unpaired) electrons. The van der Waals surface area contributed by atoms with Gasteiger partial charge in [0.25, 0.3) is 0 Å². The summed E-state index contributed by atoms with van der Waals surface area (Å²) in [5, 5.41) is 11.8. The lowest BCUT2D eigenvalue weighted by atomic mass is 9.93. The van der Waals surface area contributed by atoms with Crippen LogP contribution in [-0.2, 0) is 9.59 Å². The largest absolute Gasteiger partial charge is 0.480 e. The highest BCUT2D eigenvalue weighted by molar-refractivity contribution is 5.85. The van der Waals surface area contributed by atoms with Gasteiger partial charge in [-0.05, 0) is 31.2 Å². The average molecular weight is 256 g/mol. The maximum absolute atomic E-state index is 12.1. The van der Waals surface area contributed by atoms with Crippen molar-refractivity contribution < 1.29 is 14.7 Å². The van der Waals surface area contributed by atoms with Gasteiger partial charge in [-0.2, -0.15) is 0 Å². The average Bonchev–Trinajstić information content (AvgIpc) is 2.82. The molecule has 104 valence electrons. The Balaban J connectivity index is 2.63. The first-order chi connectivity index (χ1) is 8.51. The third-order valence-corrected chi connectivity index (χ3v) is 4.08. The molecule has 0 heterocycles. The van der Waals surface area contributed by atoms with Gasteiger partial charge in [0, 0.05) is 5.92 Å². The molecule has 0 aromatic carbocycles. The summed E-state index contributed by atoms with van der Waals surface area (Å²) in [6.07, 6.45) is 3.51. The van der Waals surface area contributed by atoms with Crippen molar-refractivity contribution in [1.82, 2.24) is 5.32 Å². The maximum Gasteiger partial charge on any atom is 0.326 e. The van der Waals surface area contributed by atoms with Crippen molar-refractivity contribution in [3.63, 3.8) is 0 Å². The third kappa shape index (κ3) is 3.45. The highest BCUT2D eigenvalue weighted by atomic mass is 16.4. The number of carbonyl (C=O) groups is 2. The van der Waals surface area contributed by atoms with Gasteiger partial charge >= 0.3 is 5.97 Å². The van der Waals surface area contributed by atoms with Crippen LogP contribution in [-0.4, -0.2) is 29.6 Å². The van der Waals surface area contributed by atoms with Crippen LogP contribution in [0.15, 0.2) is 0 Å². The van der Waals surface area contributed by atoms with Crippen LogP contribution in [0.1, 0.15) is 39.5 Å². The number of nitrogens with one attached hydrogen (secondary N) is 1. The second kappa shape index (κ2) is 6.73. The Morgan fingerprint density at radius 1 is 1.44 bits per heavy atom. The molecule has 1 saturated carbocycles. The Kier molecular flexibility index (Phi) is 5.59. The number of aliphatic carboxylic acids is 1. The standard InChI is InChI=1S/C13H24N2O3/c1-3-8(2)11(13(17)18)15-12(16)10-6-4-5-9(10)7-14/h8-11H,3-7,14H2,1-2H3,(H,15,16)(H,17,18)/t8?,9?,10?,11-/m0/s1. The minimum atomic E-state index is -0.958. The predicted molar refractivity (Wildman–Crippen MR) is 68.9 cm³/mol. The molecule has 0 aromatic heterocycles. The first-order valence-corrected chi connectivity index (χ1v) is 6.74. The minimum absolute atomic E-state index is 0.0656. The summed E-state index contributed by atoms with van der Waals surface area (Å²) in [6, 6.07) is -0.790. The molecule has 5 nitrogen and oxygen atoms in total. The smallest absolute Gasteiger partial charge is 0.326 e. The molecule has 0 aliphatic heterocycles. The molecule has 1 rings (SSSR count). The molecule has 5 heteroatoms. The van der Waals surface area contributed by atoms with E-state index in [1.807, 2.05) is 13.8 Å². The first kappa shape index (κ1) is 15.0. The molecule has 0 saturated heterocycles. The number of carbonyl (C=O) groups excluding carboxylic acids is 1. The van der Waals surface area contributed by atoms with Crippen LogP contribution in [0.4, 0.5) is 0 Å². The molecule has 0 spiro atoms. The Labute approximate surface area is 108 Å². The molecule has 4 atom stereocenters. The molecule has 1 aliphatic rings. The summed E-state index contributed by atoms with van der Waals surface area (Å²) in [5.41, 5.74) is 5.64. The zero-order valence-corrected chi connectivity index (χ0v) is 11.2. The Morgan fingerprint density at radius 2 is 2.11 bits per heavy atom. The van der Waals surface area contributed by atoms with Crippen molar-refractivity contribution >= 4 is 11.9 Å². The summed E-state index contributed by atoms with van der Waals surface area (Å²) in [5.74, 6) is -1.07. The van der Waals surface area contributed by atoms with Gasteiger partial charge in [-0.1, -0.05) is 26.7 Å². The Morgan fingerprint density at radius 3 is 2.61 bits per heavy atom. The van der Waals surface area contributed by atoms with E-state index in [0.717, 1.165) is 25.7 Å². The number of nitrogens with two attached hydrogens (primary N) is 1. The number of carboxylic acids is 1. The Hall–Kier alpha value is -1.10. The lowest BCUT2D eigenvalue weighted by Crippen LogP contribution is -2.48. The summed E-state index contributed by atoms with van der Waals surface area (Å²) in [6.45, 7) is 4.26. The molecule has 3 unspecified atom stereocenters. The normalized spacial score (nSPS) is 26.6. The van der Waals surface area contributed by atoms with E-state index in [-0.39, 0.29) is 23.7 Å². The van der Waals surface area contributed by atoms with Gasteiger partial charge < -0.3 is 16.2 Å². The second-order valence-electron chi connectivity index (χ2n) is 5.24. The predicted octanol–water partition coefficient (Wildman–Crippen LogP) is 0.977. The van der Waals surface area contributed by atoms with E-state index in [1.165, 1.54) is 0 Å². The van der Waals surface area contributed by atoms with E-state index in [4.69, 9.17) is 10.8 Å². The van der Waals surface area contributed by atoms with Crippen molar-refractivity contribution in [3.8, 4) is 0 Å². The zero-order valence-electron chi connectivity index (χ0n) is 11.2. The van der Waals surface area contributed by atoms with Gasteiger partial charge in [-0.3, -0.25) is 4.79 Å². The fourth-order valence-electron chi connectivity index (χ4n) is 2.61. The molecule has 4 N–H and O–H groups in total. The number of rotatable bonds is 6. The highest BCUT2D eigenvalue weighted by Gasteiger charge is 2.35. The molecular formula is C13H24N2O3. The fourth-order valence-corrected chi connectivity index (χ4v) is 2.61. The zero-order chi connectivity index (χ0) is 13.7. The number of carboxylic acid groups (broad SMARTS) is 1. The second-order valence-corrected chi connectivity index (χ2v) is 5.24. The van der Waals surface area contributed by atoms with Crippen molar-refractivity contribution in [2.45, 2.75) is 45.6 Å². The monoisotopic (exact) mass is 256 g/mol. The van der Waals surface area contributed by atoms with Crippen LogP contribution in [0.5, 0.6) is 0 Å². The summed E-state index contributed by atoms with van der Waals surface area (Å²) < 4.78 is 0. The number of hydrogen-bond acceptors (Lipinski definition) is 3. The van der Waals surface area contributed by atoms with Crippen LogP contribution in [0.2, 0.25) is 0 Å². The highest BCUT2D eigenvalue weighted by Crippen LogP contribution is 2.31. The van der Waals surface area contributed by atoms with Gasteiger partial charge in [0.1, 0.15) is 6.04 Å². The maximum atomic E-state index is 12.1. The Bertz CT molecular complexity index is 307. The lowest BCUT2D eigenvalue weighted by molar-refractivity contribution is -0.144. The molecule has 1 amide bonds.